The Balaban J connectivity index is 2.62. The molecule has 1 aromatic carbocycles. The highest BCUT2D eigenvalue weighted by Gasteiger charge is 2.40. The summed E-state index contributed by atoms with van der Waals surface area (Å²) in [5.74, 6) is -3.80. The zero-order chi connectivity index (χ0) is 17.9. The molecule has 0 fully saturated rings. The number of carbonyl (C=O) groups excluding carboxylic acids is 2. The van der Waals surface area contributed by atoms with Gasteiger partial charge in [-0.3, -0.25) is 14.6 Å². The van der Waals surface area contributed by atoms with Crippen LogP contribution in [0.1, 0.15) is 27.5 Å². The lowest BCUT2D eigenvalue weighted by molar-refractivity contribution is -0.142. The second kappa shape index (κ2) is 7.04. The Hall–Kier alpha value is -2.35. The molecule has 1 atom stereocenters. The first kappa shape index (κ1) is 18.0. The first-order chi connectivity index (χ1) is 11.3. The summed E-state index contributed by atoms with van der Waals surface area (Å²) in [6, 6.07) is 7.33. The molecule has 0 aliphatic rings. The topological polar surface area (TPSA) is 56.3 Å². The van der Waals surface area contributed by atoms with Crippen molar-refractivity contribution in [2.24, 2.45) is 0 Å². The van der Waals surface area contributed by atoms with Gasteiger partial charge in [-0.15, -0.1) is 12.6 Å². The summed E-state index contributed by atoms with van der Waals surface area (Å²) in [5.41, 5.74) is -1.76. The summed E-state index contributed by atoms with van der Waals surface area (Å²) in [7, 11) is 0.999. The third-order valence-corrected chi connectivity index (χ3v) is 3.66. The first-order valence-corrected chi connectivity index (χ1v) is 7.14. The lowest BCUT2D eigenvalue weighted by Crippen LogP contribution is -2.27. The smallest absolute Gasteiger partial charge is 0.416 e. The number of Topliss-reactive ketones (excluding diaryl/α,β-unsaturated/α-hetero) is 1. The van der Waals surface area contributed by atoms with Gasteiger partial charge in [0.15, 0.2) is 0 Å². The van der Waals surface area contributed by atoms with Crippen LogP contribution in [0.4, 0.5) is 13.2 Å². The Morgan fingerprint density at radius 3 is 2.42 bits per heavy atom. The van der Waals surface area contributed by atoms with E-state index in [1.165, 1.54) is 30.5 Å². The van der Waals surface area contributed by atoms with Gasteiger partial charge in [0, 0.05) is 11.1 Å². The van der Waals surface area contributed by atoms with Gasteiger partial charge in [0.05, 0.1) is 12.7 Å². The second-order valence-electron chi connectivity index (χ2n) is 4.78. The molecule has 0 amide bonds. The van der Waals surface area contributed by atoms with Crippen LogP contribution < -0.4 is 0 Å². The van der Waals surface area contributed by atoms with Gasteiger partial charge in [0.25, 0.3) is 0 Å². The van der Waals surface area contributed by atoms with E-state index in [1.54, 1.807) is 0 Å². The SMILES string of the molecule is COC(=O)C(C(=O)c1ncccc1S)c1ccccc1C(F)(F)F. The van der Waals surface area contributed by atoms with Gasteiger partial charge < -0.3 is 4.74 Å². The number of benzene rings is 1. The monoisotopic (exact) mass is 355 g/mol. The van der Waals surface area contributed by atoms with Gasteiger partial charge in [-0.1, -0.05) is 18.2 Å². The van der Waals surface area contributed by atoms with Crippen LogP contribution in [0, 0.1) is 0 Å². The molecule has 2 aromatic rings. The van der Waals surface area contributed by atoms with Crippen molar-refractivity contribution in [3.8, 4) is 0 Å². The maximum absolute atomic E-state index is 13.2. The molecule has 0 radical (unpaired) electrons. The zero-order valence-electron chi connectivity index (χ0n) is 12.4. The van der Waals surface area contributed by atoms with E-state index in [-0.39, 0.29) is 10.6 Å². The van der Waals surface area contributed by atoms with Gasteiger partial charge in [0.2, 0.25) is 5.78 Å². The number of hydrogen-bond acceptors (Lipinski definition) is 5. The number of alkyl halides is 3. The number of aromatic nitrogens is 1. The number of hydrogen-bond donors (Lipinski definition) is 1. The fourth-order valence-corrected chi connectivity index (χ4v) is 2.48. The molecule has 0 aliphatic carbocycles. The van der Waals surface area contributed by atoms with E-state index in [1.807, 2.05) is 0 Å². The van der Waals surface area contributed by atoms with Gasteiger partial charge in [0.1, 0.15) is 11.6 Å². The standard InChI is InChI=1S/C16H12F3NO3S/c1-23-15(22)12(14(21)13-11(24)7-4-8-20-13)9-5-2-3-6-10(9)16(17,18)19/h2-8,12,24H,1H3. The molecule has 1 unspecified atom stereocenters. The molecule has 0 saturated carbocycles. The van der Waals surface area contributed by atoms with Crippen molar-refractivity contribution < 1.29 is 27.5 Å². The lowest BCUT2D eigenvalue weighted by atomic mass is 9.89. The number of halogens is 3. The van der Waals surface area contributed by atoms with Gasteiger partial charge in [-0.2, -0.15) is 13.2 Å². The molecule has 24 heavy (non-hydrogen) atoms. The predicted molar refractivity (Wildman–Crippen MR) is 82.0 cm³/mol. The van der Waals surface area contributed by atoms with Crippen molar-refractivity contribution in [1.29, 1.82) is 0 Å². The minimum absolute atomic E-state index is 0.154. The van der Waals surface area contributed by atoms with Crippen LogP contribution in [0.15, 0.2) is 47.5 Å². The van der Waals surface area contributed by atoms with E-state index in [0.717, 1.165) is 19.2 Å². The summed E-state index contributed by atoms with van der Waals surface area (Å²) in [5, 5.41) is 0. The van der Waals surface area contributed by atoms with Crippen LogP contribution in [0.2, 0.25) is 0 Å². The summed E-state index contributed by atoms with van der Waals surface area (Å²) in [4.78, 5) is 28.7. The normalized spacial score (nSPS) is 12.5. The lowest BCUT2D eigenvalue weighted by Gasteiger charge is -2.19. The number of nitrogens with zero attached hydrogens (tertiary/aromatic N) is 1. The molecular weight excluding hydrogens is 343 g/mol. The summed E-state index contributed by atoms with van der Waals surface area (Å²) >= 11 is 4.07. The number of pyridine rings is 1. The third-order valence-electron chi connectivity index (χ3n) is 3.30. The van der Waals surface area contributed by atoms with Crippen LogP contribution in [-0.2, 0) is 15.7 Å². The minimum Gasteiger partial charge on any atom is -0.468 e. The second-order valence-corrected chi connectivity index (χ2v) is 5.26. The van der Waals surface area contributed by atoms with E-state index in [0.29, 0.717) is 0 Å². The molecule has 126 valence electrons. The molecule has 4 nitrogen and oxygen atoms in total. The van der Waals surface area contributed by atoms with Crippen molar-refractivity contribution in [2.75, 3.05) is 7.11 Å². The molecule has 2 rings (SSSR count). The molecule has 0 saturated heterocycles. The van der Waals surface area contributed by atoms with Crippen molar-refractivity contribution in [3.63, 3.8) is 0 Å². The molecule has 0 bridgehead atoms. The van der Waals surface area contributed by atoms with E-state index in [4.69, 9.17) is 0 Å². The highest BCUT2D eigenvalue weighted by atomic mass is 32.1. The van der Waals surface area contributed by atoms with Crippen LogP contribution in [0.25, 0.3) is 0 Å². The van der Waals surface area contributed by atoms with Crippen LogP contribution in [0.5, 0.6) is 0 Å². The summed E-state index contributed by atoms with van der Waals surface area (Å²) in [6.45, 7) is 0. The van der Waals surface area contributed by atoms with Crippen molar-refractivity contribution in [3.05, 3.63) is 59.4 Å². The molecule has 0 spiro atoms. The third kappa shape index (κ3) is 3.59. The number of esters is 1. The maximum Gasteiger partial charge on any atom is 0.416 e. The summed E-state index contributed by atoms with van der Waals surface area (Å²) < 4.78 is 44.2. The van der Waals surface area contributed by atoms with Crippen LogP contribution in [-0.4, -0.2) is 23.8 Å². The number of rotatable bonds is 4. The van der Waals surface area contributed by atoms with Gasteiger partial charge in [-0.25, -0.2) is 0 Å². The fourth-order valence-electron chi connectivity index (χ4n) is 2.22. The van der Waals surface area contributed by atoms with E-state index in [2.05, 4.69) is 22.3 Å². The number of thiol groups is 1. The Kier molecular flexibility index (Phi) is 5.28. The molecular formula is C16H12F3NO3S. The summed E-state index contributed by atoms with van der Waals surface area (Å²) in [6.07, 6.45) is -3.44. The molecule has 1 aromatic heterocycles. The van der Waals surface area contributed by atoms with Crippen molar-refractivity contribution in [1.82, 2.24) is 4.98 Å². The van der Waals surface area contributed by atoms with Crippen LogP contribution >= 0.6 is 12.6 Å². The highest BCUT2D eigenvalue weighted by Crippen LogP contribution is 2.37. The van der Waals surface area contributed by atoms with Crippen LogP contribution in [0.3, 0.4) is 0 Å². The van der Waals surface area contributed by atoms with Crippen molar-refractivity contribution >= 4 is 24.4 Å². The largest absolute Gasteiger partial charge is 0.468 e. The Morgan fingerprint density at radius 1 is 1.17 bits per heavy atom. The van der Waals surface area contributed by atoms with Gasteiger partial charge in [-0.05, 0) is 23.8 Å². The molecule has 8 heteroatoms. The number of ether oxygens (including phenoxy) is 1. The Morgan fingerprint density at radius 2 is 1.83 bits per heavy atom. The zero-order valence-corrected chi connectivity index (χ0v) is 13.3. The average molecular weight is 355 g/mol. The fraction of sp³-hybridized carbons (Fsp3) is 0.188. The maximum atomic E-state index is 13.2. The molecule has 0 N–H and O–H groups in total. The van der Waals surface area contributed by atoms with E-state index in [9.17, 15) is 22.8 Å². The number of carbonyl (C=O) groups is 2. The minimum atomic E-state index is -4.73. The van der Waals surface area contributed by atoms with Gasteiger partial charge >= 0.3 is 12.1 Å². The van der Waals surface area contributed by atoms with Crippen molar-refractivity contribution in [2.45, 2.75) is 17.0 Å². The Labute approximate surface area is 141 Å². The number of ketones is 1. The van der Waals surface area contributed by atoms with E-state index < -0.39 is 35.0 Å². The number of methoxy groups -OCH3 is 1. The molecule has 1 heterocycles. The Bertz CT molecular complexity index is 777. The molecule has 0 aliphatic heterocycles. The highest BCUT2D eigenvalue weighted by molar-refractivity contribution is 7.80. The first-order valence-electron chi connectivity index (χ1n) is 6.69. The van der Waals surface area contributed by atoms with E-state index >= 15 is 0 Å². The quantitative estimate of drug-likeness (QED) is 0.395. The average Bonchev–Trinajstić information content (AvgIpc) is 2.54. The predicted octanol–water partition coefficient (Wildman–Crippen LogP) is 3.53.